The fraction of sp³-hybridized carbons (Fsp3) is 0.381. The third-order valence-corrected chi connectivity index (χ3v) is 4.41. The average molecular weight is 408 g/mol. The fourth-order valence-corrected chi connectivity index (χ4v) is 2.88. The normalized spacial score (nSPS) is 11.4. The first-order chi connectivity index (χ1) is 12.9. The first-order valence-electron chi connectivity index (χ1n) is 9.21. The Kier molecular flexibility index (Phi) is 9.45. The van der Waals surface area contributed by atoms with Gasteiger partial charge in [0.05, 0.1) is 16.6 Å². The lowest BCUT2D eigenvalue weighted by atomic mass is 10.0. The summed E-state index contributed by atoms with van der Waals surface area (Å²) in [5.74, 6) is -0.752. The van der Waals surface area contributed by atoms with Crippen LogP contribution in [0.1, 0.15) is 56.3 Å². The quantitative estimate of drug-likeness (QED) is 0.291. The Bertz CT molecular complexity index is 792. The van der Waals surface area contributed by atoms with Crippen LogP contribution in [0.5, 0.6) is 5.75 Å². The summed E-state index contributed by atoms with van der Waals surface area (Å²) >= 11 is 0. The van der Waals surface area contributed by atoms with Crippen LogP contribution in [0.15, 0.2) is 42.5 Å². The summed E-state index contributed by atoms with van der Waals surface area (Å²) in [5.41, 5.74) is 1.43. The lowest BCUT2D eigenvalue weighted by molar-refractivity contribution is -0.386. The second-order valence-corrected chi connectivity index (χ2v) is 6.60. The molecule has 0 aliphatic rings. The van der Waals surface area contributed by atoms with Gasteiger partial charge in [-0.2, -0.15) is 0 Å². The van der Waals surface area contributed by atoms with Crippen LogP contribution >= 0.6 is 12.4 Å². The van der Waals surface area contributed by atoms with E-state index in [1.54, 1.807) is 24.3 Å². The predicted molar refractivity (Wildman–Crippen MR) is 112 cm³/mol. The van der Waals surface area contributed by atoms with Gasteiger partial charge < -0.3 is 9.84 Å². The molecule has 0 fully saturated rings. The van der Waals surface area contributed by atoms with Gasteiger partial charge in [-0.1, -0.05) is 44.4 Å². The Morgan fingerprint density at radius 1 is 1.11 bits per heavy atom. The van der Waals surface area contributed by atoms with Gasteiger partial charge in [0, 0.05) is 6.07 Å². The minimum Gasteiger partial charge on any atom is -0.484 e. The van der Waals surface area contributed by atoms with Gasteiger partial charge in [0.2, 0.25) is 0 Å². The van der Waals surface area contributed by atoms with Gasteiger partial charge in [0.1, 0.15) is 0 Å². The molecular weight excluding hydrogens is 382 g/mol. The molecule has 7 heteroatoms. The zero-order chi connectivity index (χ0) is 19.8. The van der Waals surface area contributed by atoms with E-state index in [1.165, 1.54) is 24.6 Å². The molecule has 0 radical (unpaired) electrons. The maximum atomic E-state index is 11.5. The van der Waals surface area contributed by atoms with Crippen LogP contribution in [0.25, 0.3) is 11.1 Å². The van der Waals surface area contributed by atoms with Crippen LogP contribution in [0, 0.1) is 10.1 Å². The Balaban J connectivity index is 0.00000392. The molecule has 0 aromatic heterocycles. The molecule has 0 unspecified atom stereocenters. The van der Waals surface area contributed by atoms with Crippen molar-refractivity contribution in [2.75, 3.05) is 0 Å². The van der Waals surface area contributed by atoms with Crippen molar-refractivity contribution in [3.05, 3.63) is 58.1 Å². The maximum absolute atomic E-state index is 11.5. The monoisotopic (exact) mass is 407 g/mol. The molecule has 2 rings (SSSR count). The molecule has 0 spiro atoms. The smallest absolute Gasteiger partial charge is 0.335 e. The molecule has 1 N–H and O–H groups in total. The number of hydrogen-bond donors (Lipinski definition) is 1. The highest BCUT2D eigenvalue weighted by Crippen LogP contribution is 2.33. The highest BCUT2D eigenvalue weighted by molar-refractivity contribution is 5.88. The Morgan fingerprint density at radius 2 is 1.75 bits per heavy atom. The molecule has 152 valence electrons. The summed E-state index contributed by atoms with van der Waals surface area (Å²) in [7, 11) is 0. The summed E-state index contributed by atoms with van der Waals surface area (Å²) < 4.78 is 5.81. The van der Waals surface area contributed by atoms with Gasteiger partial charge in [0.25, 0.3) is 0 Å². The van der Waals surface area contributed by atoms with E-state index in [0.29, 0.717) is 11.1 Å². The van der Waals surface area contributed by atoms with Crippen molar-refractivity contribution in [1.82, 2.24) is 0 Å². The number of carboxylic acids is 1. The lowest BCUT2D eigenvalue weighted by Crippen LogP contribution is -2.12. The Labute approximate surface area is 171 Å². The van der Waals surface area contributed by atoms with Crippen molar-refractivity contribution in [2.24, 2.45) is 0 Å². The number of ether oxygens (including phenoxy) is 1. The van der Waals surface area contributed by atoms with E-state index in [1.807, 2.05) is 6.92 Å². The third kappa shape index (κ3) is 6.53. The number of halogens is 1. The second kappa shape index (κ2) is 11.3. The lowest BCUT2D eigenvalue weighted by Gasteiger charge is -2.15. The van der Waals surface area contributed by atoms with Crippen LogP contribution < -0.4 is 4.74 Å². The average Bonchev–Trinajstić information content (AvgIpc) is 2.65. The van der Waals surface area contributed by atoms with Crippen LogP contribution in [0.4, 0.5) is 5.69 Å². The largest absolute Gasteiger partial charge is 0.484 e. The van der Waals surface area contributed by atoms with Gasteiger partial charge in [-0.05, 0) is 49.1 Å². The Morgan fingerprint density at radius 3 is 2.32 bits per heavy atom. The zero-order valence-electron chi connectivity index (χ0n) is 16.1. The van der Waals surface area contributed by atoms with Crippen LogP contribution in [-0.2, 0) is 0 Å². The van der Waals surface area contributed by atoms with Crippen LogP contribution in [0.3, 0.4) is 0 Å². The van der Waals surface area contributed by atoms with Crippen LogP contribution in [0.2, 0.25) is 0 Å². The van der Waals surface area contributed by atoms with Crippen molar-refractivity contribution in [1.29, 1.82) is 0 Å². The number of nitro groups is 1. The van der Waals surface area contributed by atoms with Crippen LogP contribution in [-0.4, -0.2) is 22.1 Å². The molecule has 0 aliphatic carbocycles. The number of carbonyl (C=O) groups is 1. The molecular formula is C21H26ClNO5. The molecule has 0 saturated carbocycles. The van der Waals surface area contributed by atoms with E-state index in [4.69, 9.17) is 9.84 Å². The molecule has 2 aromatic rings. The van der Waals surface area contributed by atoms with Crippen molar-refractivity contribution < 1.29 is 19.6 Å². The maximum Gasteiger partial charge on any atom is 0.335 e. The fourth-order valence-electron chi connectivity index (χ4n) is 2.88. The van der Waals surface area contributed by atoms with Gasteiger partial charge in [-0.25, -0.2) is 4.79 Å². The number of unbranched alkanes of at least 4 members (excludes halogenated alkanes) is 3. The van der Waals surface area contributed by atoms with E-state index in [2.05, 4.69) is 6.92 Å². The van der Waals surface area contributed by atoms with Gasteiger partial charge in [0.15, 0.2) is 5.75 Å². The number of carboxylic acid groups (broad SMARTS) is 1. The summed E-state index contributed by atoms with van der Waals surface area (Å²) in [6.45, 7) is 4.08. The highest BCUT2D eigenvalue weighted by Gasteiger charge is 2.19. The molecule has 0 amide bonds. The molecule has 0 aliphatic heterocycles. The molecule has 0 bridgehead atoms. The van der Waals surface area contributed by atoms with E-state index in [9.17, 15) is 14.9 Å². The molecule has 0 saturated heterocycles. The topological polar surface area (TPSA) is 89.7 Å². The summed E-state index contributed by atoms with van der Waals surface area (Å²) in [5, 5.41) is 20.4. The standard InChI is InChI=1S/C21H25NO5.ClH/c1-3-4-5-6-7-15(2)27-20-13-12-18(14-19(20)22(25)26)16-8-10-17(11-9-16)21(23)24;/h8-15H,3-7H2,1-2H3,(H,23,24);1H/t15-;/m0./s1. The number of rotatable bonds is 10. The van der Waals surface area contributed by atoms with Gasteiger partial charge >= 0.3 is 11.7 Å². The second-order valence-electron chi connectivity index (χ2n) is 6.60. The van der Waals surface area contributed by atoms with Crippen molar-refractivity contribution in [3.63, 3.8) is 0 Å². The minimum absolute atomic E-state index is 0. The van der Waals surface area contributed by atoms with E-state index >= 15 is 0 Å². The van der Waals surface area contributed by atoms with Crippen molar-refractivity contribution >= 4 is 24.1 Å². The van der Waals surface area contributed by atoms with E-state index in [-0.39, 0.29) is 35.5 Å². The summed E-state index contributed by atoms with van der Waals surface area (Å²) in [6, 6.07) is 11.1. The number of benzene rings is 2. The highest BCUT2D eigenvalue weighted by atomic mass is 35.5. The minimum atomic E-state index is -1.01. The number of nitrogens with zero attached hydrogens (tertiary/aromatic N) is 1. The summed E-state index contributed by atoms with van der Waals surface area (Å²) in [4.78, 5) is 22.0. The molecule has 6 nitrogen and oxygen atoms in total. The van der Waals surface area contributed by atoms with Crippen molar-refractivity contribution in [3.8, 4) is 16.9 Å². The zero-order valence-corrected chi connectivity index (χ0v) is 16.9. The summed E-state index contributed by atoms with van der Waals surface area (Å²) in [6.07, 6.45) is 5.28. The third-order valence-electron chi connectivity index (χ3n) is 4.41. The van der Waals surface area contributed by atoms with E-state index < -0.39 is 10.9 Å². The first kappa shape index (κ1) is 23.4. The SMILES string of the molecule is CCCCCC[C@H](C)Oc1ccc(-c2ccc(C(=O)O)cc2)cc1[N+](=O)[O-].Cl. The van der Waals surface area contributed by atoms with Gasteiger partial charge in [-0.3, -0.25) is 10.1 Å². The molecule has 0 heterocycles. The molecule has 28 heavy (non-hydrogen) atoms. The molecule has 1 atom stereocenters. The number of nitro benzene ring substituents is 1. The van der Waals surface area contributed by atoms with Crippen molar-refractivity contribution in [2.45, 2.75) is 52.1 Å². The number of hydrogen-bond acceptors (Lipinski definition) is 4. The van der Waals surface area contributed by atoms with E-state index in [0.717, 1.165) is 25.7 Å². The Hall–Kier alpha value is -2.60. The van der Waals surface area contributed by atoms with Gasteiger partial charge in [-0.15, -0.1) is 12.4 Å². The molecule has 2 aromatic carbocycles. The first-order valence-corrected chi connectivity index (χ1v) is 9.21. The number of aromatic carboxylic acids is 1. The predicted octanol–water partition coefficient (Wildman–Crippen LogP) is 6.12.